The van der Waals surface area contributed by atoms with Gasteiger partial charge in [0.25, 0.3) is 0 Å². The van der Waals surface area contributed by atoms with Crippen molar-refractivity contribution >= 4 is 11.6 Å². The number of rotatable bonds is 4. The van der Waals surface area contributed by atoms with Gasteiger partial charge < -0.3 is 4.74 Å². The molecule has 0 heterocycles. The molecule has 1 nitrogen and oxygen atoms in total. The van der Waals surface area contributed by atoms with Crippen molar-refractivity contribution in [3.05, 3.63) is 65.2 Å². The summed E-state index contributed by atoms with van der Waals surface area (Å²) in [6.07, 6.45) is -4.08. The molecule has 0 saturated carbocycles. The molecule has 1 unspecified atom stereocenters. The van der Waals surface area contributed by atoms with Crippen LogP contribution in [0.25, 0.3) is 0 Å². The van der Waals surface area contributed by atoms with Crippen LogP contribution in [0.3, 0.4) is 0 Å². The van der Waals surface area contributed by atoms with Crippen LogP contribution < -0.4 is 4.74 Å². The number of hydrogen-bond donors (Lipinski definition) is 0. The summed E-state index contributed by atoms with van der Waals surface area (Å²) in [7, 11) is 1.55. The van der Waals surface area contributed by atoms with Crippen LogP contribution in [0.4, 0.5) is 13.2 Å². The van der Waals surface area contributed by atoms with Crippen LogP contribution in [0.2, 0.25) is 0 Å². The minimum atomic E-state index is -4.40. The molecule has 2 rings (SSSR count). The lowest BCUT2D eigenvalue weighted by atomic mass is 9.99. The number of methoxy groups -OCH3 is 1. The molecule has 0 N–H and O–H groups in total. The van der Waals surface area contributed by atoms with Gasteiger partial charge in [-0.2, -0.15) is 13.2 Å². The molecule has 1 atom stereocenters. The van der Waals surface area contributed by atoms with E-state index in [1.807, 2.05) is 0 Å². The van der Waals surface area contributed by atoms with Gasteiger partial charge in [0, 0.05) is 0 Å². The van der Waals surface area contributed by atoms with Crippen LogP contribution in [0.15, 0.2) is 48.5 Å². The number of alkyl halides is 4. The molecule has 0 fully saturated rings. The number of hydrogen-bond acceptors (Lipinski definition) is 1. The first-order valence-corrected chi connectivity index (χ1v) is 6.78. The van der Waals surface area contributed by atoms with E-state index >= 15 is 0 Å². The van der Waals surface area contributed by atoms with Gasteiger partial charge in [-0.25, -0.2) is 0 Å². The highest BCUT2D eigenvalue weighted by molar-refractivity contribution is 6.21. The molecule has 0 radical (unpaired) electrons. The Labute approximate surface area is 126 Å². The molecule has 112 valence electrons. The van der Waals surface area contributed by atoms with Crippen molar-refractivity contribution in [3.8, 4) is 5.75 Å². The molecule has 0 spiro atoms. The van der Waals surface area contributed by atoms with Gasteiger partial charge in [0.2, 0.25) is 0 Å². The van der Waals surface area contributed by atoms with E-state index in [0.29, 0.717) is 12.2 Å². The highest BCUT2D eigenvalue weighted by Crippen LogP contribution is 2.37. The van der Waals surface area contributed by atoms with E-state index in [1.54, 1.807) is 37.4 Å². The largest absolute Gasteiger partial charge is 0.497 e. The first-order chi connectivity index (χ1) is 9.91. The quantitative estimate of drug-likeness (QED) is 0.702. The third-order valence-electron chi connectivity index (χ3n) is 3.18. The van der Waals surface area contributed by atoms with Gasteiger partial charge in [0.1, 0.15) is 5.75 Å². The van der Waals surface area contributed by atoms with Crippen molar-refractivity contribution in [3.63, 3.8) is 0 Å². The predicted molar refractivity (Wildman–Crippen MR) is 76.7 cm³/mol. The third kappa shape index (κ3) is 3.91. The summed E-state index contributed by atoms with van der Waals surface area (Å²) in [5.41, 5.74) is 0.272. The summed E-state index contributed by atoms with van der Waals surface area (Å²) in [4.78, 5) is 0. The number of benzene rings is 2. The summed E-state index contributed by atoms with van der Waals surface area (Å²) in [5.74, 6) is 0.695. The molecule has 5 heteroatoms. The molecular weight excluding hydrogens is 301 g/mol. The first kappa shape index (κ1) is 15.7. The molecule has 0 bridgehead atoms. The van der Waals surface area contributed by atoms with E-state index in [1.165, 1.54) is 12.1 Å². The van der Waals surface area contributed by atoms with Crippen molar-refractivity contribution in [2.75, 3.05) is 7.11 Å². The van der Waals surface area contributed by atoms with Crippen molar-refractivity contribution in [1.29, 1.82) is 0 Å². The van der Waals surface area contributed by atoms with E-state index in [-0.39, 0.29) is 5.56 Å². The van der Waals surface area contributed by atoms with E-state index in [4.69, 9.17) is 16.3 Å². The summed E-state index contributed by atoms with van der Waals surface area (Å²) in [6, 6.07) is 12.5. The number of halogens is 4. The SMILES string of the molecule is COc1ccc(CC(Cl)c2ccccc2C(F)(F)F)cc1. The average Bonchev–Trinajstić information content (AvgIpc) is 2.47. The standard InChI is InChI=1S/C16H14ClF3O/c1-21-12-8-6-11(7-9-12)10-15(17)13-4-2-3-5-14(13)16(18,19)20/h2-9,15H,10H2,1H3. The molecule has 21 heavy (non-hydrogen) atoms. The zero-order valence-electron chi connectivity index (χ0n) is 11.3. The maximum absolute atomic E-state index is 13.0. The Morgan fingerprint density at radius 2 is 1.67 bits per heavy atom. The van der Waals surface area contributed by atoms with Gasteiger partial charge in [-0.05, 0) is 35.7 Å². The second-order valence-electron chi connectivity index (χ2n) is 4.60. The Kier molecular flexibility index (Phi) is 4.78. The van der Waals surface area contributed by atoms with Crippen molar-refractivity contribution in [2.24, 2.45) is 0 Å². The minimum Gasteiger partial charge on any atom is -0.497 e. The Bertz CT molecular complexity index is 593. The van der Waals surface area contributed by atoms with Crippen LogP contribution in [-0.2, 0) is 12.6 Å². The molecule has 0 saturated heterocycles. The lowest BCUT2D eigenvalue weighted by molar-refractivity contribution is -0.138. The summed E-state index contributed by atoms with van der Waals surface area (Å²) < 4.78 is 44.0. The van der Waals surface area contributed by atoms with Gasteiger partial charge in [-0.3, -0.25) is 0 Å². The fourth-order valence-corrected chi connectivity index (χ4v) is 2.48. The molecule has 0 aliphatic heterocycles. The van der Waals surface area contributed by atoms with Crippen molar-refractivity contribution < 1.29 is 17.9 Å². The molecule has 2 aromatic rings. The monoisotopic (exact) mass is 314 g/mol. The minimum absolute atomic E-state index is 0.0995. The highest BCUT2D eigenvalue weighted by atomic mass is 35.5. The molecule has 0 aliphatic rings. The van der Waals surface area contributed by atoms with Crippen LogP contribution in [0.1, 0.15) is 22.1 Å². The van der Waals surface area contributed by atoms with Crippen molar-refractivity contribution in [1.82, 2.24) is 0 Å². The maximum Gasteiger partial charge on any atom is 0.416 e. The molecule has 0 aromatic heterocycles. The summed E-state index contributed by atoms with van der Waals surface area (Å²) in [6.45, 7) is 0. The fourth-order valence-electron chi connectivity index (χ4n) is 2.11. The predicted octanol–water partition coefficient (Wildman–Crippen LogP) is 5.24. The van der Waals surface area contributed by atoms with Crippen LogP contribution >= 0.6 is 11.6 Å². The topological polar surface area (TPSA) is 9.23 Å². The molecule has 2 aromatic carbocycles. The highest BCUT2D eigenvalue weighted by Gasteiger charge is 2.34. The number of ether oxygens (including phenoxy) is 1. The van der Waals surface area contributed by atoms with E-state index < -0.39 is 17.1 Å². The summed E-state index contributed by atoms with van der Waals surface area (Å²) >= 11 is 6.19. The Morgan fingerprint density at radius 3 is 2.24 bits per heavy atom. The van der Waals surface area contributed by atoms with Crippen molar-refractivity contribution in [2.45, 2.75) is 18.0 Å². The van der Waals surface area contributed by atoms with Gasteiger partial charge >= 0.3 is 6.18 Å². The van der Waals surface area contributed by atoms with Gasteiger partial charge in [0.05, 0.1) is 18.1 Å². The Hall–Kier alpha value is -1.68. The molecular formula is C16H14ClF3O. The fraction of sp³-hybridized carbons (Fsp3) is 0.250. The molecule has 0 aliphatic carbocycles. The Morgan fingerprint density at radius 1 is 1.05 bits per heavy atom. The van der Waals surface area contributed by atoms with Crippen LogP contribution in [-0.4, -0.2) is 7.11 Å². The van der Waals surface area contributed by atoms with E-state index in [0.717, 1.165) is 11.6 Å². The second kappa shape index (κ2) is 6.39. The van der Waals surface area contributed by atoms with Crippen LogP contribution in [0.5, 0.6) is 5.75 Å². The average molecular weight is 315 g/mol. The van der Waals surface area contributed by atoms with Gasteiger partial charge in [0.15, 0.2) is 0 Å². The second-order valence-corrected chi connectivity index (χ2v) is 5.13. The third-order valence-corrected chi connectivity index (χ3v) is 3.57. The lowest BCUT2D eigenvalue weighted by Crippen LogP contribution is -2.11. The van der Waals surface area contributed by atoms with E-state index in [2.05, 4.69) is 0 Å². The van der Waals surface area contributed by atoms with Gasteiger partial charge in [-0.15, -0.1) is 11.6 Å². The lowest BCUT2D eigenvalue weighted by Gasteiger charge is -2.17. The van der Waals surface area contributed by atoms with Gasteiger partial charge in [-0.1, -0.05) is 30.3 Å². The van der Waals surface area contributed by atoms with E-state index in [9.17, 15) is 13.2 Å². The normalized spacial score (nSPS) is 13.0. The summed E-state index contributed by atoms with van der Waals surface area (Å²) in [5, 5.41) is -0.740. The zero-order valence-corrected chi connectivity index (χ0v) is 12.1. The Balaban J connectivity index is 2.22. The zero-order chi connectivity index (χ0) is 15.5. The van der Waals surface area contributed by atoms with Crippen LogP contribution in [0, 0.1) is 0 Å². The maximum atomic E-state index is 13.0. The smallest absolute Gasteiger partial charge is 0.416 e. The molecule has 0 amide bonds. The first-order valence-electron chi connectivity index (χ1n) is 6.35.